The van der Waals surface area contributed by atoms with E-state index < -0.39 is 0 Å². The molecule has 0 aromatic heterocycles. The van der Waals surface area contributed by atoms with E-state index in [-0.39, 0.29) is 6.84 Å². The molecule has 2 aliphatic rings. The lowest BCUT2D eigenvalue weighted by Crippen LogP contribution is -2.29. The molecule has 3 heteroatoms. The van der Waals surface area contributed by atoms with Crippen molar-refractivity contribution in [2.75, 3.05) is 45.7 Å². The second-order valence-corrected chi connectivity index (χ2v) is 7.16. The fourth-order valence-corrected chi connectivity index (χ4v) is 3.58. The van der Waals surface area contributed by atoms with E-state index in [4.69, 9.17) is 4.74 Å². The average molecular weight is 290 g/mol. The third-order valence-corrected chi connectivity index (χ3v) is 5.17. The number of nitrogens with zero attached hydrogens (tertiary/aromatic N) is 1. The van der Waals surface area contributed by atoms with Crippen molar-refractivity contribution in [1.29, 1.82) is 0 Å². The fraction of sp³-hybridized carbons (Fsp3) is 0.667. The summed E-state index contributed by atoms with van der Waals surface area (Å²) in [6, 6.07) is 7.08. The molecule has 1 fully saturated rings. The highest BCUT2D eigenvalue weighted by Crippen LogP contribution is 2.41. The number of hydrogen-bond donors (Lipinski definition) is 1. The van der Waals surface area contributed by atoms with Gasteiger partial charge >= 0.3 is 0 Å². The number of hydrogen-bond acceptors (Lipinski definition) is 3. The lowest BCUT2D eigenvalue weighted by molar-refractivity contribution is 0.0853. The van der Waals surface area contributed by atoms with Gasteiger partial charge in [-0.3, -0.25) is 0 Å². The Balaban J connectivity index is 0.00000176. The molecule has 2 aliphatic heterocycles. The van der Waals surface area contributed by atoms with Gasteiger partial charge in [0.1, 0.15) is 0 Å². The molecule has 3 rings (SSSR count). The zero-order valence-corrected chi connectivity index (χ0v) is 13.6. The maximum atomic E-state index is 5.50. The Labute approximate surface area is 130 Å². The van der Waals surface area contributed by atoms with Gasteiger partial charge in [-0.1, -0.05) is 19.1 Å². The Morgan fingerprint density at radius 1 is 1.33 bits per heavy atom. The SMILES string of the molecule is CN(C)CCC1(C)CNc2ccc(C3CCOCC3)cc21.[HH]. The molecule has 0 bridgehead atoms. The summed E-state index contributed by atoms with van der Waals surface area (Å²) in [4.78, 5) is 2.28. The molecule has 1 aromatic carbocycles. The van der Waals surface area contributed by atoms with Crippen LogP contribution in [-0.2, 0) is 10.2 Å². The highest BCUT2D eigenvalue weighted by Gasteiger charge is 2.34. The van der Waals surface area contributed by atoms with Gasteiger partial charge in [-0.2, -0.15) is 0 Å². The zero-order chi connectivity index (χ0) is 14.9. The van der Waals surface area contributed by atoms with Crippen LogP contribution in [-0.4, -0.2) is 45.3 Å². The van der Waals surface area contributed by atoms with Gasteiger partial charge in [-0.15, -0.1) is 0 Å². The van der Waals surface area contributed by atoms with E-state index in [1.54, 1.807) is 0 Å². The molecule has 0 amide bonds. The summed E-state index contributed by atoms with van der Waals surface area (Å²) in [6.07, 6.45) is 3.54. The topological polar surface area (TPSA) is 24.5 Å². The van der Waals surface area contributed by atoms with Crippen molar-refractivity contribution in [2.24, 2.45) is 0 Å². The Morgan fingerprint density at radius 2 is 2.10 bits per heavy atom. The molecule has 1 atom stereocenters. The summed E-state index contributed by atoms with van der Waals surface area (Å²) < 4.78 is 5.50. The van der Waals surface area contributed by atoms with Gasteiger partial charge in [0, 0.05) is 32.3 Å². The van der Waals surface area contributed by atoms with Crippen LogP contribution in [0.1, 0.15) is 44.7 Å². The highest BCUT2D eigenvalue weighted by atomic mass is 16.5. The van der Waals surface area contributed by atoms with Gasteiger partial charge in [0.2, 0.25) is 0 Å². The first-order chi connectivity index (χ1) is 10.1. The van der Waals surface area contributed by atoms with E-state index in [0.29, 0.717) is 5.92 Å². The van der Waals surface area contributed by atoms with Crippen molar-refractivity contribution in [3.63, 3.8) is 0 Å². The minimum Gasteiger partial charge on any atom is -0.384 e. The van der Waals surface area contributed by atoms with E-state index in [9.17, 15) is 0 Å². The molecule has 1 unspecified atom stereocenters. The molecule has 0 radical (unpaired) electrons. The van der Waals surface area contributed by atoms with Gasteiger partial charge < -0.3 is 15.0 Å². The molecule has 0 aliphatic carbocycles. The van der Waals surface area contributed by atoms with Crippen molar-refractivity contribution in [2.45, 2.75) is 37.5 Å². The molecule has 21 heavy (non-hydrogen) atoms. The minimum absolute atomic E-state index is 0. The molecule has 1 saturated heterocycles. The van der Waals surface area contributed by atoms with E-state index in [1.807, 2.05) is 0 Å². The van der Waals surface area contributed by atoms with Crippen LogP contribution in [0, 0.1) is 0 Å². The van der Waals surface area contributed by atoms with Gasteiger partial charge in [-0.25, -0.2) is 0 Å². The Hall–Kier alpha value is -1.06. The Bertz CT molecular complexity index is 500. The van der Waals surface area contributed by atoms with Crippen LogP contribution in [0.25, 0.3) is 0 Å². The summed E-state index contributed by atoms with van der Waals surface area (Å²) >= 11 is 0. The summed E-state index contributed by atoms with van der Waals surface area (Å²) in [5, 5.41) is 3.60. The second kappa shape index (κ2) is 5.98. The summed E-state index contributed by atoms with van der Waals surface area (Å²) in [6.45, 7) is 6.44. The monoisotopic (exact) mass is 290 g/mol. The highest BCUT2D eigenvalue weighted by molar-refractivity contribution is 5.61. The molecule has 0 saturated carbocycles. The van der Waals surface area contributed by atoms with Crippen LogP contribution >= 0.6 is 0 Å². The second-order valence-electron chi connectivity index (χ2n) is 7.16. The summed E-state index contributed by atoms with van der Waals surface area (Å²) in [5.74, 6) is 0.683. The van der Waals surface area contributed by atoms with E-state index in [2.05, 4.69) is 49.4 Å². The van der Waals surface area contributed by atoms with Crippen molar-refractivity contribution in [3.8, 4) is 0 Å². The number of ether oxygens (including phenoxy) is 1. The van der Waals surface area contributed by atoms with Gasteiger partial charge in [0.15, 0.2) is 0 Å². The van der Waals surface area contributed by atoms with E-state index in [0.717, 1.165) is 26.3 Å². The molecule has 3 nitrogen and oxygen atoms in total. The van der Waals surface area contributed by atoms with Gasteiger partial charge in [0.05, 0.1) is 0 Å². The van der Waals surface area contributed by atoms with Crippen LogP contribution in [0.15, 0.2) is 18.2 Å². The van der Waals surface area contributed by atoms with E-state index >= 15 is 0 Å². The number of rotatable bonds is 4. The number of benzene rings is 1. The third kappa shape index (κ3) is 3.09. The predicted octanol–water partition coefficient (Wildman–Crippen LogP) is 3.46. The number of fused-ring (bicyclic) bond motifs is 1. The van der Waals surface area contributed by atoms with Crippen molar-refractivity contribution < 1.29 is 6.16 Å². The molecular formula is C18H30N2O. The Kier molecular flexibility index (Phi) is 4.23. The minimum atomic E-state index is 0. The van der Waals surface area contributed by atoms with Gasteiger partial charge in [0.25, 0.3) is 0 Å². The van der Waals surface area contributed by atoms with Gasteiger partial charge in [-0.05, 0) is 63.0 Å². The van der Waals surface area contributed by atoms with E-state index in [1.165, 1.54) is 36.1 Å². The third-order valence-electron chi connectivity index (χ3n) is 5.17. The van der Waals surface area contributed by atoms with Crippen LogP contribution < -0.4 is 5.32 Å². The first-order valence-electron chi connectivity index (χ1n) is 8.19. The maximum absolute atomic E-state index is 5.50. The lowest BCUT2D eigenvalue weighted by Gasteiger charge is -2.28. The average Bonchev–Trinajstić information content (AvgIpc) is 2.84. The quantitative estimate of drug-likeness (QED) is 0.919. The number of anilines is 1. The van der Waals surface area contributed by atoms with Crippen molar-refractivity contribution in [1.82, 2.24) is 4.90 Å². The van der Waals surface area contributed by atoms with Crippen LogP contribution in [0.3, 0.4) is 0 Å². The normalized spacial score (nSPS) is 25.9. The van der Waals surface area contributed by atoms with Crippen molar-refractivity contribution >= 4 is 5.69 Å². The zero-order valence-electron chi connectivity index (χ0n) is 13.6. The predicted molar refractivity (Wildman–Crippen MR) is 90.4 cm³/mol. The van der Waals surface area contributed by atoms with Crippen LogP contribution in [0.4, 0.5) is 5.69 Å². The summed E-state index contributed by atoms with van der Waals surface area (Å²) in [7, 11) is 4.32. The lowest BCUT2D eigenvalue weighted by atomic mass is 9.79. The largest absolute Gasteiger partial charge is 0.384 e. The maximum Gasteiger partial charge on any atom is 0.0471 e. The van der Waals surface area contributed by atoms with Crippen molar-refractivity contribution in [3.05, 3.63) is 29.3 Å². The fourth-order valence-electron chi connectivity index (χ4n) is 3.58. The van der Waals surface area contributed by atoms with Crippen LogP contribution in [0.5, 0.6) is 0 Å². The molecule has 118 valence electrons. The molecular weight excluding hydrogens is 260 g/mol. The molecule has 0 spiro atoms. The molecule has 1 aromatic rings. The molecule has 1 N–H and O–H groups in total. The summed E-state index contributed by atoms with van der Waals surface area (Å²) in [5.41, 5.74) is 4.64. The Morgan fingerprint density at radius 3 is 2.81 bits per heavy atom. The van der Waals surface area contributed by atoms with Crippen LogP contribution in [0.2, 0.25) is 0 Å². The first-order valence-corrected chi connectivity index (χ1v) is 8.19. The standard InChI is InChI=1S/C18H28N2O.H2/c1-18(8-9-20(2)3)13-19-17-5-4-15(12-16(17)18)14-6-10-21-11-7-14;/h4-5,12,14,19H,6-11,13H2,1-3H3;1H. The number of nitrogens with one attached hydrogen (secondary N) is 1. The first kappa shape index (κ1) is 14.9. The molecule has 2 heterocycles. The smallest absolute Gasteiger partial charge is 0.0471 e.